The topological polar surface area (TPSA) is 42.0 Å². The molecule has 76 valence electrons. The molecule has 1 aromatic rings. The van der Waals surface area contributed by atoms with E-state index < -0.39 is 0 Å². The number of carbonyl (C=O) groups is 1. The Balaban J connectivity index is 2.52. The molecular formula is C11H16N2O. The lowest BCUT2D eigenvalue weighted by Gasteiger charge is -2.18. The number of rotatable bonds is 2. The zero-order valence-electron chi connectivity index (χ0n) is 8.87. The lowest BCUT2D eigenvalue weighted by Crippen LogP contribution is -2.32. The summed E-state index contributed by atoms with van der Waals surface area (Å²) in [7, 11) is 0. The van der Waals surface area contributed by atoms with Crippen molar-refractivity contribution < 1.29 is 4.79 Å². The van der Waals surface area contributed by atoms with Crippen molar-refractivity contribution in [1.29, 1.82) is 0 Å². The lowest BCUT2D eigenvalue weighted by molar-refractivity contribution is 0.0939. The van der Waals surface area contributed by atoms with Crippen molar-refractivity contribution in [2.75, 3.05) is 6.54 Å². The molecule has 0 saturated heterocycles. The SMILES string of the molecule is CC(C)(C)CNC(=O)c1ccncc1. The van der Waals surface area contributed by atoms with Gasteiger partial charge in [0, 0.05) is 24.5 Å². The van der Waals surface area contributed by atoms with E-state index in [0.29, 0.717) is 12.1 Å². The first-order valence-corrected chi connectivity index (χ1v) is 4.67. The van der Waals surface area contributed by atoms with E-state index in [4.69, 9.17) is 0 Å². The van der Waals surface area contributed by atoms with Crippen LogP contribution in [0.5, 0.6) is 0 Å². The molecule has 0 atom stereocenters. The van der Waals surface area contributed by atoms with Crippen molar-refractivity contribution >= 4 is 5.91 Å². The molecule has 0 aliphatic carbocycles. The maximum Gasteiger partial charge on any atom is 0.251 e. The summed E-state index contributed by atoms with van der Waals surface area (Å²) < 4.78 is 0. The van der Waals surface area contributed by atoms with Gasteiger partial charge in [-0.25, -0.2) is 0 Å². The molecule has 0 aliphatic heterocycles. The third kappa shape index (κ3) is 3.56. The first kappa shape index (κ1) is 10.7. The van der Waals surface area contributed by atoms with Gasteiger partial charge >= 0.3 is 0 Å². The highest BCUT2D eigenvalue weighted by Crippen LogP contribution is 2.10. The second-order valence-corrected chi connectivity index (χ2v) is 4.48. The van der Waals surface area contributed by atoms with Gasteiger partial charge in [-0.3, -0.25) is 9.78 Å². The summed E-state index contributed by atoms with van der Waals surface area (Å²) in [6.07, 6.45) is 3.23. The molecule has 1 rings (SSSR count). The van der Waals surface area contributed by atoms with E-state index in [1.54, 1.807) is 24.5 Å². The van der Waals surface area contributed by atoms with Gasteiger partial charge in [-0.05, 0) is 17.5 Å². The Morgan fingerprint density at radius 1 is 1.36 bits per heavy atom. The Kier molecular flexibility index (Phi) is 3.23. The fourth-order valence-corrected chi connectivity index (χ4v) is 0.951. The van der Waals surface area contributed by atoms with Gasteiger partial charge in [0.1, 0.15) is 0 Å². The molecule has 0 aromatic carbocycles. The monoisotopic (exact) mass is 192 g/mol. The van der Waals surface area contributed by atoms with Gasteiger partial charge in [-0.2, -0.15) is 0 Å². The fraction of sp³-hybridized carbons (Fsp3) is 0.455. The molecule has 1 amide bonds. The van der Waals surface area contributed by atoms with Gasteiger partial charge in [0.05, 0.1) is 0 Å². The van der Waals surface area contributed by atoms with E-state index >= 15 is 0 Å². The lowest BCUT2D eigenvalue weighted by atomic mass is 9.97. The van der Waals surface area contributed by atoms with Crippen LogP contribution in [0.3, 0.4) is 0 Å². The molecule has 3 heteroatoms. The van der Waals surface area contributed by atoms with Crippen molar-refractivity contribution in [2.45, 2.75) is 20.8 Å². The molecule has 1 aromatic heterocycles. The van der Waals surface area contributed by atoms with Crippen LogP contribution in [0.25, 0.3) is 0 Å². The van der Waals surface area contributed by atoms with Gasteiger partial charge in [0.2, 0.25) is 0 Å². The third-order valence-corrected chi connectivity index (χ3v) is 1.72. The van der Waals surface area contributed by atoms with Crippen LogP contribution in [-0.4, -0.2) is 17.4 Å². The predicted octanol–water partition coefficient (Wildman–Crippen LogP) is 1.86. The summed E-state index contributed by atoms with van der Waals surface area (Å²) >= 11 is 0. The highest BCUT2D eigenvalue weighted by molar-refractivity contribution is 5.93. The van der Waals surface area contributed by atoms with Crippen molar-refractivity contribution in [3.63, 3.8) is 0 Å². The number of aromatic nitrogens is 1. The Bertz CT molecular complexity index is 301. The molecule has 0 unspecified atom stereocenters. The minimum absolute atomic E-state index is 0.0395. The highest BCUT2D eigenvalue weighted by atomic mass is 16.1. The molecular weight excluding hydrogens is 176 g/mol. The number of nitrogens with one attached hydrogen (secondary N) is 1. The zero-order valence-corrected chi connectivity index (χ0v) is 8.87. The van der Waals surface area contributed by atoms with E-state index in [1.165, 1.54) is 0 Å². The molecule has 0 saturated carbocycles. The second kappa shape index (κ2) is 4.22. The van der Waals surface area contributed by atoms with Crippen molar-refractivity contribution in [3.8, 4) is 0 Å². The molecule has 3 nitrogen and oxygen atoms in total. The summed E-state index contributed by atoms with van der Waals surface area (Å²) in [5.74, 6) is -0.0395. The number of nitrogens with zero attached hydrogens (tertiary/aromatic N) is 1. The van der Waals surface area contributed by atoms with Crippen LogP contribution in [0.15, 0.2) is 24.5 Å². The average molecular weight is 192 g/mol. The quantitative estimate of drug-likeness (QED) is 0.777. The van der Waals surface area contributed by atoms with E-state index in [2.05, 4.69) is 31.1 Å². The Morgan fingerprint density at radius 2 is 1.93 bits per heavy atom. The van der Waals surface area contributed by atoms with Gasteiger partial charge in [0.25, 0.3) is 5.91 Å². The molecule has 1 heterocycles. The van der Waals surface area contributed by atoms with E-state index in [1.807, 2.05) is 0 Å². The number of hydrogen-bond donors (Lipinski definition) is 1. The minimum atomic E-state index is -0.0395. The van der Waals surface area contributed by atoms with Gasteiger partial charge in [0.15, 0.2) is 0 Å². The third-order valence-electron chi connectivity index (χ3n) is 1.72. The van der Waals surface area contributed by atoms with Crippen molar-refractivity contribution in [1.82, 2.24) is 10.3 Å². The Labute approximate surface area is 84.6 Å². The molecule has 0 fully saturated rings. The first-order valence-electron chi connectivity index (χ1n) is 4.67. The molecule has 0 radical (unpaired) electrons. The number of carbonyl (C=O) groups excluding carboxylic acids is 1. The van der Waals surface area contributed by atoms with Crippen LogP contribution >= 0.6 is 0 Å². The first-order chi connectivity index (χ1) is 6.49. The van der Waals surface area contributed by atoms with Crippen LogP contribution in [0.4, 0.5) is 0 Å². The molecule has 0 aliphatic rings. The largest absolute Gasteiger partial charge is 0.352 e. The van der Waals surface area contributed by atoms with Gasteiger partial charge in [-0.1, -0.05) is 20.8 Å². The van der Waals surface area contributed by atoms with Crippen molar-refractivity contribution in [2.24, 2.45) is 5.41 Å². The van der Waals surface area contributed by atoms with E-state index in [9.17, 15) is 4.79 Å². The molecule has 14 heavy (non-hydrogen) atoms. The molecule has 0 spiro atoms. The summed E-state index contributed by atoms with van der Waals surface area (Å²) in [5, 5.41) is 2.87. The number of pyridine rings is 1. The second-order valence-electron chi connectivity index (χ2n) is 4.48. The number of amides is 1. The van der Waals surface area contributed by atoms with Crippen LogP contribution in [-0.2, 0) is 0 Å². The smallest absolute Gasteiger partial charge is 0.251 e. The highest BCUT2D eigenvalue weighted by Gasteiger charge is 2.12. The van der Waals surface area contributed by atoms with E-state index in [-0.39, 0.29) is 11.3 Å². The van der Waals surface area contributed by atoms with Crippen LogP contribution in [0.1, 0.15) is 31.1 Å². The Hall–Kier alpha value is -1.38. The zero-order chi connectivity index (χ0) is 10.6. The van der Waals surface area contributed by atoms with E-state index in [0.717, 1.165) is 0 Å². The van der Waals surface area contributed by atoms with Crippen LogP contribution < -0.4 is 5.32 Å². The molecule has 0 bridgehead atoms. The minimum Gasteiger partial charge on any atom is -0.352 e. The standard InChI is InChI=1S/C11H16N2O/c1-11(2,3)8-13-10(14)9-4-6-12-7-5-9/h4-7H,8H2,1-3H3,(H,13,14). The van der Waals surface area contributed by atoms with Crippen LogP contribution in [0, 0.1) is 5.41 Å². The summed E-state index contributed by atoms with van der Waals surface area (Å²) in [4.78, 5) is 15.4. The Morgan fingerprint density at radius 3 is 2.43 bits per heavy atom. The van der Waals surface area contributed by atoms with Crippen LogP contribution in [0.2, 0.25) is 0 Å². The predicted molar refractivity (Wildman–Crippen MR) is 56.0 cm³/mol. The van der Waals surface area contributed by atoms with Gasteiger partial charge in [-0.15, -0.1) is 0 Å². The average Bonchev–Trinajstić information content (AvgIpc) is 2.14. The fourth-order valence-electron chi connectivity index (χ4n) is 0.951. The maximum atomic E-state index is 11.6. The maximum absolute atomic E-state index is 11.6. The summed E-state index contributed by atoms with van der Waals surface area (Å²) in [6.45, 7) is 6.92. The normalized spacial score (nSPS) is 11.1. The summed E-state index contributed by atoms with van der Waals surface area (Å²) in [6, 6.07) is 3.41. The molecule has 1 N–H and O–H groups in total. The number of hydrogen-bond acceptors (Lipinski definition) is 2. The van der Waals surface area contributed by atoms with Gasteiger partial charge < -0.3 is 5.32 Å². The van der Waals surface area contributed by atoms with Crippen molar-refractivity contribution in [3.05, 3.63) is 30.1 Å². The summed E-state index contributed by atoms with van der Waals surface area (Å²) in [5.41, 5.74) is 0.770.